The molecule has 5 fully saturated rings. The van der Waals surface area contributed by atoms with Crippen LogP contribution in [0.15, 0.2) is 12.2 Å². The SMILES string of the molecule is C=C1C[C@]23C[C@@]1(O)CC[C@H]2[C@@]12CCC[C@](C)(C(=O)O1)[C@H]2[C@@H]3C(=O)[O-]. The van der Waals surface area contributed by atoms with Crippen molar-refractivity contribution in [3.05, 3.63) is 12.2 Å². The first-order valence-corrected chi connectivity index (χ1v) is 9.05. The molecule has 5 rings (SSSR count). The molecule has 5 heteroatoms. The van der Waals surface area contributed by atoms with Crippen LogP contribution in [-0.4, -0.2) is 28.2 Å². The van der Waals surface area contributed by atoms with Crippen LogP contribution >= 0.6 is 0 Å². The number of hydrogen-bond donors (Lipinski definition) is 1. The van der Waals surface area contributed by atoms with Crippen LogP contribution < -0.4 is 5.11 Å². The van der Waals surface area contributed by atoms with Gasteiger partial charge in [0.1, 0.15) is 5.60 Å². The minimum absolute atomic E-state index is 0.0106. The Morgan fingerprint density at radius 3 is 2.83 bits per heavy atom. The lowest BCUT2D eigenvalue weighted by molar-refractivity contribution is -0.318. The normalized spacial score (nSPS) is 57.5. The third-order valence-electron chi connectivity index (χ3n) is 8.38. The number of carbonyl (C=O) groups is 2. The molecule has 4 aliphatic carbocycles. The average Bonchev–Trinajstić information content (AvgIpc) is 2.88. The van der Waals surface area contributed by atoms with Gasteiger partial charge in [0.15, 0.2) is 0 Å². The Morgan fingerprint density at radius 1 is 1.38 bits per heavy atom. The summed E-state index contributed by atoms with van der Waals surface area (Å²) in [6.45, 7) is 5.93. The summed E-state index contributed by atoms with van der Waals surface area (Å²) in [5.41, 5.74) is -2.20. The van der Waals surface area contributed by atoms with E-state index in [2.05, 4.69) is 6.58 Å². The summed E-state index contributed by atoms with van der Waals surface area (Å²) in [4.78, 5) is 24.9. The zero-order chi connectivity index (χ0) is 17.1. The molecule has 1 N–H and O–H groups in total. The van der Waals surface area contributed by atoms with Crippen molar-refractivity contribution in [3.8, 4) is 0 Å². The number of carboxylic acids is 1. The molecule has 0 radical (unpaired) electrons. The van der Waals surface area contributed by atoms with Crippen molar-refractivity contribution in [1.29, 1.82) is 0 Å². The smallest absolute Gasteiger partial charge is 0.312 e. The van der Waals surface area contributed by atoms with E-state index in [-0.39, 0.29) is 17.8 Å². The van der Waals surface area contributed by atoms with E-state index in [0.29, 0.717) is 32.1 Å². The Kier molecular flexibility index (Phi) is 2.43. The van der Waals surface area contributed by atoms with Crippen LogP contribution in [0.3, 0.4) is 0 Å². The van der Waals surface area contributed by atoms with Gasteiger partial charge in [-0.15, -0.1) is 0 Å². The number of carboxylic acid groups (broad SMARTS) is 1. The standard InChI is InChI=1S/C19H24O5/c1-10-8-17-9-18(10,23)7-4-11(17)19-6-3-5-16(2,15(22)24-19)13(19)12(17)14(20)21/h11-13,23H,1,3-9H2,2H3,(H,20,21)/p-1/t11-,12-,13-,16+,17+,18+,19-/m1/s1. The maximum atomic E-state index is 12.7. The second-order valence-electron chi connectivity index (χ2n) is 9.20. The summed E-state index contributed by atoms with van der Waals surface area (Å²) >= 11 is 0. The van der Waals surface area contributed by atoms with E-state index in [1.165, 1.54) is 0 Å². The summed E-state index contributed by atoms with van der Waals surface area (Å²) < 4.78 is 6.02. The molecule has 5 nitrogen and oxygen atoms in total. The number of rotatable bonds is 1. The van der Waals surface area contributed by atoms with Gasteiger partial charge < -0.3 is 19.7 Å². The van der Waals surface area contributed by atoms with Gasteiger partial charge in [0.2, 0.25) is 0 Å². The van der Waals surface area contributed by atoms with E-state index in [0.717, 1.165) is 18.4 Å². The molecule has 0 unspecified atom stereocenters. The zero-order valence-corrected chi connectivity index (χ0v) is 14.0. The van der Waals surface area contributed by atoms with Crippen molar-refractivity contribution in [2.45, 2.75) is 63.1 Å². The molecule has 7 atom stereocenters. The highest BCUT2D eigenvalue weighted by molar-refractivity contribution is 5.84. The number of aliphatic carboxylic acids is 1. The summed E-state index contributed by atoms with van der Waals surface area (Å²) in [5.74, 6) is -2.41. The average molecular weight is 331 g/mol. The molecule has 24 heavy (non-hydrogen) atoms. The molecule has 1 spiro atoms. The van der Waals surface area contributed by atoms with Gasteiger partial charge in [-0.2, -0.15) is 0 Å². The topological polar surface area (TPSA) is 86.7 Å². The van der Waals surface area contributed by atoms with Crippen molar-refractivity contribution in [1.82, 2.24) is 0 Å². The molecule has 0 aromatic rings. The summed E-state index contributed by atoms with van der Waals surface area (Å²) in [6, 6.07) is 0. The number of carbonyl (C=O) groups excluding carboxylic acids is 2. The fraction of sp³-hybridized carbons (Fsp3) is 0.789. The predicted octanol–water partition coefficient (Wildman–Crippen LogP) is 0.946. The van der Waals surface area contributed by atoms with Gasteiger partial charge in [0.25, 0.3) is 0 Å². The van der Waals surface area contributed by atoms with Crippen molar-refractivity contribution in [2.24, 2.45) is 28.6 Å². The lowest BCUT2D eigenvalue weighted by Crippen LogP contribution is -2.50. The molecule has 5 aliphatic rings. The zero-order valence-electron chi connectivity index (χ0n) is 14.0. The fourth-order valence-corrected chi connectivity index (χ4v) is 7.67. The Labute approximate surface area is 141 Å². The van der Waals surface area contributed by atoms with Crippen LogP contribution in [0, 0.1) is 28.6 Å². The molecular formula is C19H23O5-. The van der Waals surface area contributed by atoms with Gasteiger partial charge in [-0.05, 0) is 62.9 Å². The summed E-state index contributed by atoms with van der Waals surface area (Å²) in [5, 5.41) is 23.2. The second kappa shape index (κ2) is 3.90. The second-order valence-corrected chi connectivity index (χ2v) is 9.20. The van der Waals surface area contributed by atoms with E-state index in [4.69, 9.17) is 4.74 Å². The van der Waals surface area contributed by atoms with Crippen LogP contribution in [0.2, 0.25) is 0 Å². The van der Waals surface area contributed by atoms with Gasteiger partial charge in [-0.3, -0.25) is 4.79 Å². The van der Waals surface area contributed by atoms with Crippen LogP contribution in [-0.2, 0) is 14.3 Å². The lowest BCUT2D eigenvalue weighted by atomic mass is 9.60. The molecule has 0 aromatic carbocycles. The van der Waals surface area contributed by atoms with Crippen LogP contribution in [0.25, 0.3) is 0 Å². The first kappa shape index (κ1) is 14.9. The maximum Gasteiger partial charge on any atom is 0.312 e. The monoisotopic (exact) mass is 331 g/mol. The largest absolute Gasteiger partial charge is 0.550 e. The molecule has 1 aliphatic heterocycles. The van der Waals surface area contributed by atoms with E-state index in [9.17, 15) is 19.8 Å². The molecule has 4 bridgehead atoms. The molecule has 130 valence electrons. The highest BCUT2D eigenvalue weighted by atomic mass is 16.6. The third-order valence-corrected chi connectivity index (χ3v) is 8.38. The van der Waals surface area contributed by atoms with E-state index in [1.54, 1.807) is 0 Å². The maximum absolute atomic E-state index is 12.7. The first-order chi connectivity index (χ1) is 11.2. The van der Waals surface area contributed by atoms with Gasteiger partial charge in [0, 0.05) is 23.7 Å². The van der Waals surface area contributed by atoms with Crippen LogP contribution in [0.4, 0.5) is 0 Å². The number of fused-ring (bicyclic) bond motifs is 1. The van der Waals surface area contributed by atoms with E-state index in [1.807, 2.05) is 6.92 Å². The fourth-order valence-electron chi connectivity index (χ4n) is 7.67. The van der Waals surface area contributed by atoms with Crippen molar-refractivity contribution in [3.63, 3.8) is 0 Å². The molecule has 0 amide bonds. The third kappa shape index (κ3) is 1.29. The van der Waals surface area contributed by atoms with Gasteiger partial charge >= 0.3 is 5.97 Å². The minimum atomic E-state index is -1.09. The van der Waals surface area contributed by atoms with Crippen molar-refractivity contribution < 1.29 is 24.5 Å². The number of hydrogen-bond acceptors (Lipinski definition) is 5. The van der Waals surface area contributed by atoms with Crippen LogP contribution in [0.5, 0.6) is 0 Å². The number of esters is 1. The first-order valence-electron chi connectivity index (χ1n) is 9.05. The van der Waals surface area contributed by atoms with Gasteiger partial charge in [0.05, 0.1) is 11.0 Å². The van der Waals surface area contributed by atoms with Crippen molar-refractivity contribution >= 4 is 11.9 Å². The Hall–Kier alpha value is -1.36. The van der Waals surface area contributed by atoms with Crippen molar-refractivity contribution in [2.75, 3.05) is 0 Å². The Bertz CT molecular complexity index is 700. The molecule has 4 saturated carbocycles. The predicted molar refractivity (Wildman–Crippen MR) is 81.2 cm³/mol. The number of aliphatic hydroxyl groups is 1. The Balaban J connectivity index is 1.75. The highest BCUT2D eigenvalue weighted by Crippen LogP contribution is 2.78. The Morgan fingerprint density at radius 2 is 2.12 bits per heavy atom. The van der Waals surface area contributed by atoms with E-state index >= 15 is 0 Å². The summed E-state index contributed by atoms with van der Waals surface area (Å²) in [7, 11) is 0. The van der Waals surface area contributed by atoms with E-state index < -0.39 is 33.9 Å². The summed E-state index contributed by atoms with van der Waals surface area (Å²) in [6.07, 6.45) is 4.51. The minimum Gasteiger partial charge on any atom is -0.550 e. The highest BCUT2D eigenvalue weighted by Gasteiger charge is 2.81. The molecule has 0 aromatic heterocycles. The molecule has 1 heterocycles. The number of ether oxygens (including phenoxy) is 1. The van der Waals surface area contributed by atoms with Crippen LogP contribution in [0.1, 0.15) is 51.9 Å². The molecule has 1 saturated heterocycles. The van der Waals surface area contributed by atoms with Gasteiger partial charge in [-0.1, -0.05) is 6.58 Å². The van der Waals surface area contributed by atoms with Gasteiger partial charge in [-0.25, -0.2) is 0 Å². The quantitative estimate of drug-likeness (QED) is 0.571. The lowest BCUT2D eigenvalue weighted by Gasteiger charge is -2.45. The molecular weight excluding hydrogens is 308 g/mol.